The number of alkyl carbamates (subject to hydrolysis) is 1. The first-order valence-corrected chi connectivity index (χ1v) is 7.59. The standard InChI is InChI=1S/C17H26N2O3/c1-5-22-16(21)19-12-15(20)18-11-10-13-6-8-14(9-7-13)17(2,3)4/h6-9H,5,10-12H2,1-4H3,(H,18,20)(H,19,21). The maximum atomic E-state index is 11.5. The molecule has 2 N–H and O–H groups in total. The Hall–Kier alpha value is -2.04. The molecule has 1 aromatic rings. The largest absolute Gasteiger partial charge is 0.450 e. The van der Waals surface area contributed by atoms with Crippen LogP contribution in [0.5, 0.6) is 0 Å². The summed E-state index contributed by atoms with van der Waals surface area (Å²) in [7, 11) is 0. The smallest absolute Gasteiger partial charge is 0.407 e. The second kappa shape index (κ2) is 8.41. The van der Waals surface area contributed by atoms with Gasteiger partial charge in [0.2, 0.25) is 5.91 Å². The molecule has 0 heterocycles. The predicted octanol–water partition coefficient (Wildman–Crippen LogP) is 2.39. The molecular formula is C17H26N2O3. The highest BCUT2D eigenvalue weighted by atomic mass is 16.5. The van der Waals surface area contributed by atoms with Crippen molar-refractivity contribution in [2.45, 2.75) is 39.5 Å². The van der Waals surface area contributed by atoms with Crippen molar-refractivity contribution in [1.29, 1.82) is 0 Å². The number of rotatable bonds is 6. The van der Waals surface area contributed by atoms with E-state index in [9.17, 15) is 9.59 Å². The van der Waals surface area contributed by atoms with Crippen molar-refractivity contribution in [3.8, 4) is 0 Å². The molecule has 0 atom stereocenters. The monoisotopic (exact) mass is 306 g/mol. The van der Waals surface area contributed by atoms with Gasteiger partial charge >= 0.3 is 6.09 Å². The minimum atomic E-state index is -0.574. The van der Waals surface area contributed by atoms with E-state index in [0.29, 0.717) is 6.54 Å². The fraction of sp³-hybridized carbons (Fsp3) is 0.529. The summed E-state index contributed by atoms with van der Waals surface area (Å²) in [5, 5.41) is 5.15. The highest BCUT2D eigenvalue weighted by Crippen LogP contribution is 2.22. The van der Waals surface area contributed by atoms with E-state index >= 15 is 0 Å². The molecule has 1 aromatic carbocycles. The zero-order valence-electron chi connectivity index (χ0n) is 13.9. The Morgan fingerprint density at radius 2 is 1.73 bits per heavy atom. The topological polar surface area (TPSA) is 67.4 Å². The molecule has 0 unspecified atom stereocenters. The fourth-order valence-corrected chi connectivity index (χ4v) is 1.91. The van der Waals surface area contributed by atoms with E-state index in [0.717, 1.165) is 6.42 Å². The zero-order valence-corrected chi connectivity index (χ0v) is 13.9. The molecule has 22 heavy (non-hydrogen) atoms. The Morgan fingerprint density at radius 1 is 1.09 bits per heavy atom. The van der Waals surface area contributed by atoms with Crippen molar-refractivity contribution in [1.82, 2.24) is 10.6 Å². The van der Waals surface area contributed by atoms with Crippen LogP contribution in [0.25, 0.3) is 0 Å². The molecule has 0 aromatic heterocycles. The third-order valence-corrected chi connectivity index (χ3v) is 3.22. The van der Waals surface area contributed by atoms with Crippen molar-refractivity contribution in [3.05, 3.63) is 35.4 Å². The van der Waals surface area contributed by atoms with E-state index in [4.69, 9.17) is 0 Å². The van der Waals surface area contributed by atoms with E-state index in [-0.39, 0.29) is 24.5 Å². The van der Waals surface area contributed by atoms with Gasteiger partial charge in [-0.25, -0.2) is 4.79 Å². The van der Waals surface area contributed by atoms with Crippen molar-refractivity contribution < 1.29 is 14.3 Å². The Labute approximate surface area is 132 Å². The van der Waals surface area contributed by atoms with Gasteiger partial charge in [-0.1, -0.05) is 45.0 Å². The summed E-state index contributed by atoms with van der Waals surface area (Å²) >= 11 is 0. The van der Waals surface area contributed by atoms with Gasteiger partial charge in [-0.3, -0.25) is 4.79 Å². The van der Waals surface area contributed by atoms with Gasteiger partial charge in [0.05, 0.1) is 13.2 Å². The van der Waals surface area contributed by atoms with Crippen LogP contribution in [-0.2, 0) is 21.4 Å². The minimum absolute atomic E-state index is 0.0677. The number of amides is 2. The molecule has 0 radical (unpaired) electrons. The maximum absolute atomic E-state index is 11.5. The number of nitrogens with one attached hydrogen (secondary N) is 2. The summed E-state index contributed by atoms with van der Waals surface area (Å²) in [4.78, 5) is 22.6. The molecule has 0 saturated heterocycles. The van der Waals surface area contributed by atoms with Crippen LogP contribution in [0.2, 0.25) is 0 Å². The average molecular weight is 306 g/mol. The molecule has 0 saturated carbocycles. The Balaban J connectivity index is 2.29. The quantitative estimate of drug-likeness (QED) is 0.848. The SMILES string of the molecule is CCOC(=O)NCC(=O)NCCc1ccc(C(C)(C)C)cc1. The van der Waals surface area contributed by atoms with Gasteiger partial charge < -0.3 is 15.4 Å². The molecule has 0 aliphatic heterocycles. The highest BCUT2D eigenvalue weighted by molar-refractivity contribution is 5.82. The summed E-state index contributed by atoms with van der Waals surface area (Å²) in [6, 6.07) is 8.42. The first-order chi connectivity index (χ1) is 10.3. The predicted molar refractivity (Wildman–Crippen MR) is 86.9 cm³/mol. The molecule has 5 heteroatoms. The molecule has 0 bridgehead atoms. The molecule has 0 spiro atoms. The third-order valence-electron chi connectivity index (χ3n) is 3.22. The molecule has 2 amide bonds. The Kier molecular flexibility index (Phi) is 6.89. The molecule has 122 valence electrons. The van der Waals surface area contributed by atoms with Crippen molar-refractivity contribution >= 4 is 12.0 Å². The van der Waals surface area contributed by atoms with Crippen molar-refractivity contribution in [2.75, 3.05) is 19.7 Å². The average Bonchev–Trinajstić information content (AvgIpc) is 2.45. The van der Waals surface area contributed by atoms with Gasteiger partial charge in [0.15, 0.2) is 0 Å². The van der Waals surface area contributed by atoms with E-state index < -0.39 is 6.09 Å². The lowest BCUT2D eigenvalue weighted by Crippen LogP contribution is -2.37. The minimum Gasteiger partial charge on any atom is -0.450 e. The number of hydrogen-bond acceptors (Lipinski definition) is 3. The number of ether oxygens (including phenoxy) is 1. The van der Waals surface area contributed by atoms with Crippen LogP contribution in [0.1, 0.15) is 38.8 Å². The van der Waals surface area contributed by atoms with Gasteiger partial charge in [0, 0.05) is 6.54 Å². The van der Waals surface area contributed by atoms with Gasteiger partial charge in [-0.15, -0.1) is 0 Å². The molecule has 5 nitrogen and oxygen atoms in total. The van der Waals surface area contributed by atoms with Gasteiger partial charge in [0.1, 0.15) is 0 Å². The lowest BCUT2D eigenvalue weighted by atomic mass is 9.86. The van der Waals surface area contributed by atoms with Gasteiger partial charge in [-0.2, -0.15) is 0 Å². The molecule has 1 rings (SSSR count). The Bertz CT molecular complexity index is 490. The molecular weight excluding hydrogens is 280 g/mol. The second-order valence-electron chi connectivity index (χ2n) is 6.12. The van der Waals surface area contributed by atoms with Crippen LogP contribution >= 0.6 is 0 Å². The van der Waals surface area contributed by atoms with Crippen molar-refractivity contribution in [3.63, 3.8) is 0 Å². The number of hydrogen-bond donors (Lipinski definition) is 2. The van der Waals surface area contributed by atoms with E-state index in [1.54, 1.807) is 6.92 Å². The summed E-state index contributed by atoms with van der Waals surface area (Å²) in [6.07, 6.45) is 0.186. The fourth-order valence-electron chi connectivity index (χ4n) is 1.91. The van der Waals surface area contributed by atoms with E-state index in [2.05, 4.69) is 60.4 Å². The van der Waals surface area contributed by atoms with Crippen LogP contribution in [0, 0.1) is 0 Å². The summed E-state index contributed by atoms with van der Waals surface area (Å²) in [5.41, 5.74) is 2.61. The first kappa shape index (κ1) is 18.0. The lowest BCUT2D eigenvalue weighted by Gasteiger charge is -2.19. The summed E-state index contributed by atoms with van der Waals surface area (Å²) in [6.45, 7) is 9.01. The third kappa shape index (κ3) is 6.61. The zero-order chi connectivity index (χ0) is 16.6. The normalized spacial score (nSPS) is 10.9. The van der Waals surface area contributed by atoms with Crippen LogP contribution in [0.15, 0.2) is 24.3 Å². The summed E-state index contributed by atoms with van der Waals surface area (Å²) in [5.74, 6) is -0.223. The maximum Gasteiger partial charge on any atom is 0.407 e. The van der Waals surface area contributed by atoms with Crippen LogP contribution < -0.4 is 10.6 Å². The number of benzene rings is 1. The van der Waals surface area contributed by atoms with Crippen molar-refractivity contribution in [2.24, 2.45) is 0 Å². The van der Waals surface area contributed by atoms with Crippen LogP contribution in [0.4, 0.5) is 4.79 Å². The van der Waals surface area contributed by atoms with Crippen LogP contribution in [0.3, 0.4) is 0 Å². The second-order valence-corrected chi connectivity index (χ2v) is 6.12. The lowest BCUT2D eigenvalue weighted by molar-refractivity contribution is -0.120. The first-order valence-electron chi connectivity index (χ1n) is 7.59. The van der Waals surface area contributed by atoms with Gasteiger partial charge in [0.25, 0.3) is 0 Å². The molecule has 0 aliphatic rings. The summed E-state index contributed by atoms with van der Waals surface area (Å²) < 4.78 is 4.67. The van der Waals surface area contributed by atoms with Gasteiger partial charge in [-0.05, 0) is 29.9 Å². The van der Waals surface area contributed by atoms with E-state index in [1.165, 1.54) is 11.1 Å². The van der Waals surface area contributed by atoms with Crippen LogP contribution in [-0.4, -0.2) is 31.7 Å². The Morgan fingerprint density at radius 3 is 2.27 bits per heavy atom. The highest BCUT2D eigenvalue weighted by Gasteiger charge is 2.12. The van der Waals surface area contributed by atoms with E-state index in [1.807, 2.05) is 0 Å². The number of carbonyl (C=O) groups excluding carboxylic acids is 2. The molecule has 0 aliphatic carbocycles. The molecule has 0 fully saturated rings. The number of carbonyl (C=O) groups is 2.